The highest BCUT2D eigenvalue weighted by Gasteiger charge is 2.11. The van der Waals surface area contributed by atoms with E-state index >= 15 is 0 Å². The zero-order valence-electron chi connectivity index (χ0n) is 12.7. The van der Waals surface area contributed by atoms with Crippen LogP contribution in [0.25, 0.3) is 0 Å². The molecule has 2 aromatic rings. The van der Waals surface area contributed by atoms with Gasteiger partial charge in [-0.25, -0.2) is 0 Å². The third kappa shape index (κ3) is 4.48. The molecule has 2 nitrogen and oxygen atoms in total. The fourth-order valence-electron chi connectivity index (χ4n) is 2.46. The molecule has 0 radical (unpaired) electrons. The summed E-state index contributed by atoms with van der Waals surface area (Å²) in [6.45, 7) is 2.99. The number of nitrogens with zero attached hydrogens (tertiary/aromatic N) is 1. The Morgan fingerprint density at radius 2 is 1.86 bits per heavy atom. The summed E-state index contributed by atoms with van der Waals surface area (Å²) in [5.74, 6) is 0. The summed E-state index contributed by atoms with van der Waals surface area (Å²) >= 11 is 6.15. The van der Waals surface area contributed by atoms with Crippen LogP contribution in [0.5, 0.6) is 0 Å². The van der Waals surface area contributed by atoms with Crippen molar-refractivity contribution in [2.75, 3.05) is 11.9 Å². The molecule has 0 fully saturated rings. The summed E-state index contributed by atoms with van der Waals surface area (Å²) in [7, 11) is 2.11. The molecule has 0 aliphatic heterocycles. The molecule has 2 rings (SSSR count). The summed E-state index contributed by atoms with van der Waals surface area (Å²) in [6, 6.07) is 16.7. The maximum Gasteiger partial charge on any atom is 0.0426 e. The summed E-state index contributed by atoms with van der Waals surface area (Å²) in [5.41, 5.74) is 9.83. The molecule has 21 heavy (non-hydrogen) atoms. The number of hydrogen-bond donors (Lipinski definition) is 1. The standard InChI is InChI=1S/C18H23ClN2/c1-3-17(20)12-15-11-16(19)9-10-18(15)21(2)13-14-7-5-4-6-8-14/h4-11,17H,3,12-13,20H2,1-2H3. The Bertz CT molecular complexity index is 569. The van der Waals surface area contributed by atoms with Gasteiger partial charge in [0, 0.05) is 30.3 Å². The molecule has 0 spiro atoms. The molecule has 1 unspecified atom stereocenters. The second kappa shape index (κ2) is 7.48. The summed E-state index contributed by atoms with van der Waals surface area (Å²) in [4.78, 5) is 2.25. The maximum atomic E-state index is 6.15. The van der Waals surface area contributed by atoms with Gasteiger partial charge in [0.25, 0.3) is 0 Å². The van der Waals surface area contributed by atoms with Crippen LogP contribution in [0.4, 0.5) is 5.69 Å². The van der Waals surface area contributed by atoms with Gasteiger partial charge in [-0.3, -0.25) is 0 Å². The zero-order valence-corrected chi connectivity index (χ0v) is 13.5. The largest absolute Gasteiger partial charge is 0.370 e. The lowest BCUT2D eigenvalue weighted by molar-refractivity contribution is 0.645. The minimum Gasteiger partial charge on any atom is -0.370 e. The van der Waals surface area contributed by atoms with Crippen molar-refractivity contribution in [2.24, 2.45) is 5.73 Å². The van der Waals surface area contributed by atoms with E-state index in [4.69, 9.17) is 17.3 Å². The predicted molar refractivity (Wildman–Crippen MR) is 92.0 cm³/mol. The monoisotopic (exact) mass is 302 g/mol. The molecule has 0 saturated carbocycles. The molecular weight excluding hydrogens is 280 g/mol. The third-order valence-electron chi connectivity index (χ3n) is 3.72. The average molecular weight is 303 g/mol. The van der Waals surface area contributed by atoms with Gasteiger partial charge in [-0.2, -0.15) is 0 Å². The maximum absolute atomic E-state index is 6.15. The lowest BCUT2D eigenvalue weighted by Gasteiger charge is -2.24. The topological polar surface area (TPSA) is 29.3 Å². The molecule has 2 aromatic carbocycles. The molecule has 1 atom stereocenters. The summed E-state index contributed by atoms with van der Waals surface area (Å²) in [5, 5.41) is 0.769. The minimum absolute atomic E-state index is 0.173. The molecule has 112 valence electrons. The smallest absolute Gasteiger partial charge is 0.0426 e. The average Bonchev–Trinajstić information content (AvgIpc) is 2.48. The van der Waals surface area contributed by atoms with Gasteiger partial charge in [-0.15, -0.1) is 0 Å². The first-order valence-electron chi connectivity index (χ1n) is 7.39. The number of hydrogen-bond acceptors (Lipinski definition) is 2. The Hall–Kier alpha value is -1.51. The van der Waals surface area contributed by atoms with Crippen molar-refractivity contribution in [2.45, 2.75) is 32.4 Å². The molecular formula is C18H23ClN2. The first-order chi connectivity index (χ1) is 10.1. The van der Waals surface area contributed by atoms with Gasteiger partial charge in [0.05, 0.1) is 0 Å². The number of halogens is 1. The minimum atomic E-state index is 0.173. The van der Waals surface area contributed by atoms with Crippen LogP contribution in [0.1, 0.15) is 24.5 Å². The molecule has 0 heterocycles. The van der Waals surface area contributed by atoms with Crippen molar-refractivity contribution in [3.05, 3.63) is 64.7 Å². The molecule has 2 N–H and O–H groups in total. The van der Waals surface area contributed by atoms with E-state index < -0.39 is 0 Å². The van der Waals surface area contributed by atoms with Crippen LogP contribution in [0.15, 0.2) is 48.5 Å². The molecule has 0 bridgehead atoms. The Morgan fingerprint density at radius 1 is 1.14 bits per heavy atom. The highest BCUT2D eigenvalue weighted by Crippen LogP contribution is 2.26. The highest BCUT2D eigenvalue weighted by molar-refractivity contribution is 6.30. The van der Waals surface area contributed by atoms with Crippen LogP contribution >= 0.6 is 11.6 Å². The van der Waals surface area contributed by atoms with Crippen LogP contribution in [0.3, 0.4) is 0 Å². The first-order valence-corrected chi connectivity index (χ1v) is 7.77. The van der Waals surface area contributed by atoms with E-state index in [0.717, 1.165) is 24.4 Å². The van der Waals surface area contributed by atoms with Crippen molar-refractivity contribution >= 4 is 17.3 Å². The van der Waals surface area contributed by atoms with E-state index in [1.165, 1.54) is 16.8 Å². The molecule has 3 heteroatoms. The number of rotatable bonds is 6. The first kappa shape index (κ1) is 15.9. The van der Waals surface area contributed by atoms with Crippen LogP contribution in [-0.2, 0) is 13.0 Å². The molecule has 0 saturated heterocycles. The van der Waals surface area contributed by atoms with Crippen LogP contribution in [0, 0.1) is 0 Å². The van der Waals surface area contributed by atoms with Crippen molar-refractivity contribution < 1.29 is 0 Å². The van der Waals surface area contributed by atoms with Crippen molar-refractivity contribution in [3.63, 3.8) is 0 Å². The van der Waals surface area contributed by atoms with E-state index in [0.29, 0.717) is 0 Å². The third-order valence-corrected chi connectivity index (χ3v) is 3.96. The predicted octanol–water partition coefficient (Wildman–Crippen LogP) is 4.26. The van der Waals surface area contributed by atoms with E-state index in [-0.39, 0.29) is 6.04 Å². The van der Waals surface area contributed by atoms with Gasteiger partial charge in [-0.05, 0) is 42.2 Å². The second-order valence-corrected chi connectivity index (χ2v) is 5.92. The fraction of sp³-hybridized carbons (Fsp3) is 0.333. The Kier molecular flexibility index (Phi) is 5.66. The van der Waals surface area contributed by atoms with Gasteiger partial charge in [0.2, 0.25) is 0 Å². The molecule has 0 aromatic heterocycles. The van der Waals surface area contributed by atoms with E-state index in [1.54, 1.807) is 0 Å². The van der Waals surface area contributed by atoms with Crippen LogP contribution in [-0.4, -0.2) is 13.1 Å². The van der Waals surface area contributed by atoms with E-state index in [1.807, 2.05) is 18.2 Å². The van der Waals surface area contributed by atoms with Gasteiger partial charge in [-0.1, -0.05) is 48.9 Å². The quantitative estimate of drug-likeness (QED) is 0.864. The van der Waals surface area contributed by atoms with Gasteiger partial charge in [0.1, 0.15) is 0 Å². The van der Waals surface area contributed by atoms with Crippen LogP contribution in [0.2, 0.25) is 5.02 Å². The van der Waals surface area contributed by atoms with Gasteiger partial charge >= 0.3 is 0 Å². The highest BCUT2D eigenvalue weighted by atomic mass is 35.5. The van der Waals surface area contributed by atoms with Crippen LogP contribution < -0.4 is 10.6 Å². The van der Waals surface area contributed by atoms with Crippen molar-refractivity contribution in [3.8, 4) is 0 Å². The Morgan fingerprint density at radius 3 is 2.52 bits per heavy atom. The van der Waals surface area contributed by atoms with Crippen molar-refractivity contribution in [1.29, 1.82) is 0 Å². The fourth-order valence-corrected chi connectivity index (χ4v) is 2.65. The SMILES string of the molecule is CCC(N)Cc1cc(Cl)ccc1N(C)Cc1ccccc1. The molecule has 0 aliphatic rings. The molecule has 0 aliphatic carbocycles. The molecule has 0 amide bonds. The van der Waals surface area contributed by atoms with Crippen molar-refractivity contribution in [1.82, 2.24) is 0 Å². The van der Waals surface area contributed by atoms with Gasteiger partial charge < -0.3 is 10.6 Å². The lowest BCUT2D eigenvalue weighted by Crippen LogP contribution is -2.24. The summed E-state index contributed by atoms with van der Waals surface area (Å²) < 4.78 is 0. The normalized spacial score (nSPS) is 12.2. The lowest BCUT2D eigenvalue weighted by atomic mass is 10.0. The second-order valence-electron chi connectivity index (χ2n) is 5.49. The van der Waals surface area contributed by atoms with E-state index in [9.17, 15) is 0 Å². The van der Waals surface area contributed by atoms with Gasteiger partial charge in [0.15, 0.2) is 0 Å². The Balaban J connectivity index is 2.21. The Labute approximate surface area is 132 Å². The van der Waals surface area contributed by atoms with E-state index in [2.05, 4.69) is 49.2 Å². The summed E-state index contributed by atoms with van der Waals surface area (Å²) in [6.07, 6.45) is 1.82. The number of benzene rings is 2. The number of anilines is 1. The zero-order chi connectivity index (χ0) is 15.2. The number of nitrogens with two attached hydrogens (primary N) is 1.